The standard InChI is InChI=1S/C13H13FO6/c1-2-18-13(17)11(16)9-10(15)7(14)6-8-12(9)20-5-3-4-19-8/h6,15H,2-5H2,1H3. The summed E-state index contributed by atoms with van der Waals surface area (Å²) in [6, 6.07) is 0.915. The number of phenolic OH excluding ortho intramolecular Hbond substituents is 1. The Morgan fingerprint density at radius 1 is 1.40 bits per heavy atom. The van der Waals surface area contributed by atoms with Crippen LogP contribution in [0.4, 0.5) is 4.39 Å². The summed E-state index contributed by atoms with van der Waals surface area (Å²) >= 11 is 0. The first-order chi connectivity index (χ1) is 9.56. The number of esters is 1. The van der Waals surface area contributed by atoms with Gasteiger partial charge in [0.15, 0.2) is 23.1 Å². The number of benzene rings is 1. The molecule has 0 atom stereocenters. The van der Waals surface area contributed by atoms with E-state index in [-0.39, 0.29) is 31.3 Å². The van der Waals surface area contributed by atoms with Gasteiger partial charge in [0, 0.05) is 12.5 Å². The number of halogens is 1. The van der Waals surface area contributed by atoms with Gasteiger partial charge in [-0.3, -0.25) is 4.79 Å². The molecule has 0 saturated carbocycles. The molecule has 6 nitrogen and oxygen atoms in total. The summed E-state index contributed by atoms with van der Waals surface area (Å²) in [5.74, 6) is -4.55. The van der Waals surface area contributed by atoms with Crippen molar-refractivity contribution < 1.29 is 33.3 Å². The van der Waals surface area contributed by atoms with Gasteiger partial charge in [-0.05, 0) is 6.92 Å². The van der Waals surface area contributed by atoms with Crippen molar-refractivity contribution in [2.45, 2.75) is 13.3 Å². The maximum absolute atomic E-state index is 13.6. The van der Waals surface area contributed by atoms with Crippen LogP contribution in [0.25, 0.3) is 0 Å². The van der Waals surface area contributed by atoms with Crippen LogP contribution in [0, 0.1) is 5.82 Å². The molecule has 1 N–H and O–H groups in total. The van der Waals surface area contributed by atoms with Crippen LogP contribution in [0.5, 0.6) is 17.2 Å². The minimum Gasteiger partial charge on any atom is -0.504 e. The van der Waals surface area contributed by atoms with E-state index in [1.54, 1.807) is 0 Å². The lowest BCUT2D eigenvalue weighted by Gasteiger charge is -2.13. The number of fused-ring (bicyclic) bond motifs is 1. The van der Waals surface area contributed by atoms with Crippen LogP contribution in [0.1, 0.15) is 23.7 Å². The fraction of sp³-hybridized carbons (Fsp3) is 0.385. The minimum atomic E-state index is -1.19. The normalized spacial score (nSPS) is 13.5. The number of aromatic hydroxyl groups is 1. The molecule has 0 saturated heterocycles. The first-order valence-electron chi connectivity index (χ1n) is 6.08. The molecule has 1 aromatic carbocycles. The van der Waals surface area contributed by atoms with Crippen LogP contribution in [-0.2, 0) is 9.53 Å². The molecule has 1 heterocycles. The molecule has 0 bridgehead atoms. The van der Waals surface area contributed by atoms with E-state index in [0.717, 1.165) is 6.07 Å². The summed E-state index contributed by atoms with van der Waals surface area (Å²) in [6.45, 7) is 2.02. The van der Waals surface area contributed by atoms with E-state index in [1.807, 2.05) is 0 Å². The highest BCUT2D eigenvalue weighted by molar-refractivity contribution is 6.42. The van der Waals surface area contributed by atoms with Crippen molar-refractivity contribution in [3.63, 3.8) is 0 Å². The average molecular weight is 284 g/mol. The van der Waals surface area contributed by atoms with Crippen molar-refractivity contribution >= 4 is 11.8 Å². The number of ether oxygens (including phenoxy) is 3. The van der Waals surface area contributed by atoms with Gasteiger partial charge in [0.25, 0.3) is 5.78 Å². The van der Waals surface area contributed by atoms with Gasteiger partial charge in [0.05, 0.1) is 19.8 Å². The van der Waals surface area contributed by atoms with Crippen LogP contribution in [0.3, 0.4) is 0 Å². The number of rotatable bonds is 3. The Kier molecular flexibility index (Phi) is 4.07. The van der Waals surface area contributed by atoms with Gasteiger partial charge in [0.2, 0.25) is 0 Å². The Labute approximate surface area is 114 Å². The lowest BCUT2D eigenvalue weighted by atomic mass is 10.1. The molecule has 1 aromatic rings. The van der Waals surface area contributed by atoms with Gasteiger partial charge < -0.3 is 19.3 Å². The minimum absolute atomic E-state index is 0.0137. The van der Waals surface area contributed by atoms with Gasteiger partial charge in [-0.1, -0.05) is 0 Å². The number of carbonyl (C=O) groups is 2. The molecule has 108 valence electrons. The molecule has 0 aromatic heterocycles. The molecule has 0 unspecified atom stereocenters. The van der Waals surface area contributed by atoms with Crippen LogP contribution in [0.15, 0.2) is 6.07 Å². The number of hydrogen-bond acceptors (Lipinski definition) is 6. The summed E-state index contributed by atoms with van der Waals surface area (Å²) in [6.07, 6.45) is 0.532. The van der Waals surface area contributed by atoms with Crippen LogP contribution >= 0.6 is 0 Å². The number of phenols is 1. The Bertz CT molecular complexity index is 554. The lowest BCUT2D eigenvalue weighted by Crippen LogP contribution is -2.19. The van der Waals surface area contributed by atoms with E-state index in [1.165, 1.54) is 6.92 Å². The second-order valence-corrected chi connectivity index (χ2v) is 4.01. The Morgan fingerprint density at radius 2 is 2.10 bits per heavy atom. The maximum atomic E-state index is 13.6. The van der Waals surface area contributed by atoms with Crippen LogP contribution in [-0.4, -0.2) is 36.7 Å². The van der Waals surface area contributed by atoms with E-state index in [2.05, 4.69) is 4.74 Å². The van der Waals surface area contributed by atoms with Gasteiger partial charge in [-0.25, -0.2) is 9.18 Å². The third-order valence-electron chi connectivity index (χ3n) is 2.65. The van der Waals surface area contributed by atoms with Crippen molar-refractivity contribution in [3.05, 3.63) is 17.4 Å². The highest BCUT2D eigenvalue weighted by Gasteiger charge is 2.31. The highest BCUT2D eigenvalue weighted by atomic mass is 19.1. The third-order valence-corrected chi connectivity index (χ3v) is 2.65. The first-order valence-corrected chi connectivity index (χ1v) is 6.08. The largest absolute Gasteiger partial charge is 0.504 e. The van der Waals surface area contributed by atoms with Crippen molar-refractivity contribution in [2.75, 3.05) is 19.8 Å². The highest BCUT2D eigenvalue weighted by Crippen LogP contribution is 2.40. The Balaban J connectivity index is 2.53. The lowest BCUT2D eigenvalue weighted by molar-refractivity contribution is -0.137. The predicted molar refractivity (Wildman–Crippen MR) is 64.6 cm³/mol. The predicted octanol–water partition coefficient (Wildman–Crippen LogP) is 1.44. The summed E-state index contributed by atoms with van der Waals surface area (Å²) in [5.41, 5.74) is -0.569. The Hall–Kier alpha value is -2.31. The molecule has 0 radical (unpaired) electrons. The summed E-state index contributed by atoms with van der Waals surface area (Å²) < 4.78 is 28.7. The van der Waals surface area contributed by atoms with Gasteiger partial charge in [-0.15, -0.1) is 0 Å². The summed E-state index contributed by atoms with van der Waals surface area (Å²) in [4.78, 5) is 23.4. The second kappa shape index (κ2) is 5.77. The van der Waals surface area contributed by atoms with Crippen molar-refractivity contribution in [1.29, 1.82) is 0 Å². The van der Waals surface area contributed by atoms with Crippen LogP contribution < -0.4 is 9.47 Å². The zero-order chi connectivity index (χ0) is 14.7. The number of Topliss-reactive ketones (excluding diaryl/α,β-unsaturated/α-hetero) is 1. The van der Waals surface area contributed by atoms with Crippen molar-refractivity contribution in [2.24, 2.45) is 0 Å². The molecule has 20 heavy (non-hydrogen) atoms. The number of hydrogen-bond donors (Lipinski definition) is 1. The van der Waals surface area contributed by atoms with Crippen molar-refractivity contribution in [3.8, 4) is 17.2 Å². The van der Waals surface area contributed by atoms with Gasteiger partial charge in [0.1, 0.15) is 5.56 Å². The first kappa shape index (κ1) is 14.1. The summed E-state index contributed by atoms with van der Waals surface area (Å²) in [7, 11) is 0. The quantitative estimate of drug-likeness (QED) is 0.514. The van der Waals surface area contributed by atoms with Crippen molar-refractivity contribution in [1.82, 2.24) is 0 Å². The second-order valence-electron chi connectivity index (χ2n) is 4.01. The topological polar surface area (TPSA) is 82.1 Å². The van der Waals surface area contributed by atoms with Crippen LogP contribution in [0.2, 0.25) is 0 Å². The smallest absolute Gasteiger partial charge is 0.379 e. The summed E-state index contributed by atoms with van der Waals surface area (Å²) in [5, 5.41) is 9.69. The van der Waals surface area contributed by atoms with E-state index in [0.29, 0.717) is 6.42 Å². The fourth-order valence-electron chi connectivity index (χ4n) is 1.77. The molecular formula is C13H13FO6. The van der Waals surface area contributed by atoms with E-state index in [4.69, 9.17) is 9.47 Å². The SMILES string of the molecule is CCOC(=O)C(=O)c1c(O)c(F)cc2c1OCCCO2. The molecule has 0 spiro atoms. The molecule has 2 rings (SSSR count). The monoisotopic (exact) mass is 284 g/mol. The number of carbonyl (C=O) groups excluding carboxylic acids is 2. The molecule has 7 heteroatoms. The van der Waals surface area contributed by atoms with E-state index >= 15 is 0 Å². The maximum Gasteiger partial charge on any atom is 0.379 e. The molecule has 0 fully saturated rings. The average Bonchev–Trinajstić information content (AvgIpc) is 2.65. The van der Waals surface area contributed by atoms with Gasteiger partial charge >= 0.3 is 5.97 Å². The molecular weight excluding hydrogens is 271 g/mol. The molecule has 1 aliphatic rings. The number of ketones is 1. The third kappa shape index (κ3) is 2.52. The zero-order valence-corrected chi connectivity index (χ0v) is 10.8. The zero-order valence-electron chi connectivity index (χ0n) is 10.8. The van der Waals surface area contributed by atoms with Gasteiger partial charge in [-0.2, -0.15) is 0 Å². The fourth-order valence-corrected chi connectivity index (χ4v) is 1.77. The van der Waals surface area contributed by atoms with E-state index < -0.39 is 28.9 Å². The Morgan fingerprint density at radius 3 is 2.80 bits per heavy atom. The molecule has 1 aliphatic heterocycles. The molecule has 0 aliphatic carbocycles. The van der Waals surface area contributed by atoms with E-state index in [9.17, 15) is 19.1 Å². The molecule has 0 amide bonds.